The van der Waals surface area contributed by atoms with Crippen LogP contribution < -0.4 is 29.0 Å². The van der Waals surface area contributed by atoms with Gasteiger partial charge in [0.15, 0.2) is 23.0 Å². The van der Waals surface area contributed by atoms with E-state index in [1.54, 1.807) is 24.3 Å². The van der Waals surface area contributed by atoms with Gasteiger partial charge >= 0.3 is 18.0 Å². The van der Waals surface area contributed by atoms with Crippen LogP contribution in [0.2, 0.25) is 0 Å². The lowest BCUT2D eigenvalue weighted by Gasteiger charge is -2.50. The molecule has 14 nitrogen and oxygen atoms in total. The summed E-state index contributed by atoms with van der Waals surface area (Å²) in [7, 11) is 2.86. The summed E-state index contributed by atoms with van der Waals surface area (Å²) in [5, 5.41) is 24.5. The molecule has 14 heteroatoms. The Morgan fingerprint density at radius 1 is 0.944 bits per heavy atom. The number of esters is 2. The molecule has 3 aliphatic heterocycles. The van der Waals surface area contributed by atoms with E-state index in [-0.39, 0.29) is 48.1 Å². The van der Waals surface area contributed by atoms with E-state index in [1.807, 2.05) is 39.8 Å². The minimum Gasteiger partial charge on any atom is -0.508 e. The molecule has 2 saturated heterocycles. The summed E-state index contributed by atoms with van der Waals surface area (Å²) in [5.41, 5.74) is 1.88. The Morgan fingerprint density at radius 2 is 1.57 bits per heavy atom. The van der Waals surface area contributed by atoms with Crippen LogP contribution in [0.25, 0.3) is 0 Å². The summed E-state index contributed by atoms with van der Waals surface area (Å²) in [6.45, 7) is 7.85. The van der Waals surface area contributed by atoms with Gasteiger partial charge in [-0.25, -0.2) is 9.59 Å². The number of nitrogens with zero attached hydrogens (tertiary/aromatic N) is 1. The summed E-state index contributed by atoms with van der Waals surface area (Å²) < 4.78 is 40.3. The van der Waals surface area contributed by atoms with Crippen molar-refractivity contribution in [2.45, 2.75) is 82.5 Å². The van der Waals surface area contributed by atoms with Crippen molar-refractivity contribution in [3.05, 3.63) is 70.8 Å². The third-order valence-corrected chi connectivity index (χ3v) is 10.9. The third-order valence-electron chi connectivity index (χ3n) is 10.9. The van der Waals surface area contributed by atoms with E-state index < -0.39 is 47.1 Å². The average Bonchev–Trinajstić information content (AvgIpc) is 3.74. The van der Waals surface area contributed by atoms with E-state index in [9.17, 15) is 24.7 Å². The zero-order chi connectivity index (χ0) is 38.5. The Kier molecular flexibility index (Phi) is 9.77. The van der Waals surface area contributed by atoms with Crippen LogP contribution in [0.5, 0.6) is 34.5 Å². The fraction of sp³-hybridized carbons (Fsp3) is 0.475. The number of carbonyl (C=O) groups is 3. The average molecular weight is 747 g/mol. The molecule has 3 aromatic rings. The predicted octanol–water partition coefficient (Wildman–Crippen LogP) is 5.27. The molecule has 0 aromatic heterocycles. The first kappa shape index (κ1) is 37.1. The van der Waals surface area contributed by atoms with Crippen molar-refractivity contribution in [1.29, 1.82) is 0 Å². The first-order valence-electron chi connectivity index (χ1n) is 18.0. The molecule has 2 fully saturated rings. The fourth-order valence-corrected chi connectivity index (χ4v) is 8.51. The topological polar surface area (TPSA) is 172 Å². The van der Waals surface area contributed by atoms with E-state index in [0.29, 0.717) is 48.5 Å². The highest BCUT2D eigenvalue weighted by Crippen LogP contribution is 2.52. The maximum absolute atomic E-state index is 14.1. The van der Waals surface area contributed by atoms with Crippen molar-refractivity contribution in [2.75, 3.05) is 27.6 Å². The molecule has 4 atom stereocenters. The van der Waals surface area contributed by atoms with E-state index in [0.717, 1.165) is 11.1 Å². The van der Waals surface area contributed by atoms with Crippen LogP contribution in [-0.4, -0.2) is 84.3 Å². The number of rotatable bonds is 9. The van der Waals surface area contributed by atoms with Crippen LogP contribution in [0.15, 0.2) is 48.5 Å². The first-order chi connectivity index (χ1) is 25.7. The molecule has 0 unspecified atom stereocenters. The van der Waals surface area contributed by atoms with Crippen molar-refractivity contribution in [1.82, 2.24) is 10.4 Å². The monoisotopic (exact) mass is 746 g/mol. The Morgan fingerprint density at radius 3 is 2.20 bits per heavy atom. The second kappa shape index (κ2) is 14.2. The minimum atomic E-state index is -1.24. The number of hydrogen-bond donors (Lipinski definition) is 3. The SMILES string of the molecule is COc1cc([C@@H]2c3cc4c(cc3C[C@H]3COC(=O)[C@@H]32)OCO4)cc(OC)c1OC(=O)[C@H](Cc1ccc(O)cc1)NC(=O)OC1CC(C)(C)N(O)C(C)(C)C1. The maximum atomic E-state index is 14.1. The molecule has 7 rings (SSSR count). The Balaban J connectivity index is 1.18. The fourth-order valence-electron chi connectivity index (χ4n) is 8.51. The molecule has 288 valence electrons. The van der Waals surface area contributed by atoms with Gasteiger partial charge in [0.2, 0.25) is 12.5 Å². The van der Waals surface area contributed by atoms with E-state index in [1.165, 1.54) is 31.4 Å². The van der Waals surface area contributed by atoms with Crippen molar-refractivity contribution in [3.8, 4) is 34.5 Å². The second-order valence-electron chi connectivity index (χ2n) is 15.6. The molecule has 0 saturated carbocycles. The van der Waals surface area contributed by atoms with Crippen LogP contribution in [-0.2, 0) is 31.9 Å². The lowest BCUT2D eigenvalue weighted by molar-refractivity contribution is -0.256. The molecular weight excluding hydrogens is 700 g/mol. The van der Waals surface area contributed by atoms with Gasteiger partial charge in [-0.3, -0.25) is 4.79 Å². The number of amides is 1. The number of fused-ring (bicyclic) bond motifs is 3. The zero-order valence-corrected chi connectivity index (χ0v) is 31.2. The number of phenolic OH excluding ortho intramolecular Hbond substituents is 1. The number of piperidine rings is 1. The van der Waals surface area contributed by atoms with E-state index >= 15 is 0 Å². The number of benzene rings is 3. The number of ether oxygens (including phenoxy) is 7. The molecule has 1 amide bonds. The number of cyclic esters (lactones) is 1. The quantitative estimate of drug-likeness (QED) is 0.191. The van der Waals surface area contributed by atoms with Crippen LogP contribution in [0.3, 0.4) is 0 Å². The van der Waals surface area contributed by atoms with Crippen LogP contribution in [0.1, 0.15) is 68.7 Å². The van der Waals surface area contributed by atoms with Gasteiger partial charge in [0.05, 0.1) is 26.7 Å². The maximum Gasteiger partial charge on any atom is 0.408 e. The van der Waals surface area contributed by atoms with Crippen LogP contribution >= 0.6 is 0 Å². The third kappa shape index (κ3) is 7.07. The number of phenols is 1. The van der Waals surface area contributed by atoms with Gasteiger partial charge in [0.25, 0.3) is 0 Å². The summed E-state index contributed by atoms with van der Waals surface area (Å²) in [6.07, 6.45) is -0.00841. The predicted molar refractivity (Wildman–Crippen MR) is 191 cm³/mol. The lowest BCUT2D eigenvalue weighted by Crippen LogP contribution is -2.61. The van der Waals surface area contributed by atoms with Crippen molar-refractivity contribution < 1.29 is 57.9 Å². The smallest absolute Gasteiger partial charge is 0.408 e. The van der Waals surface area contributed by atoms with E-state index in [4.69, 9.17) is 33.2 Å². The molecule has 3 aromatic carbocycles. The van der Waals surface area contributed by atoms with Gasteiger partial charge in [-0.2, -0.15) is 5.06 Å². The molecule has 4 aliphatic rings. The molecule has 1 aliphatic carbocycles. The summed E-state index contributed by atoms with van der Waals surface area (Å²) >= 11 is 0. The molecular formula is C40H46N2O12. The Hall–Kier alpha value is -5.21. The highest BCUT2D eigenvalue weighted by Gasteiger charge is 2.49. The summed E-state index contributed by atoms with van der Waals surface area (Å²) in [6, 6.07) is 12.3. The van der Waals surface area contributed by atoms with Gasteiger partial charge in [0.1, 0.15) is 17.9 Å². The Labute approximate surface area is 313 Å². The molecule has 3 heterocycles. The van der Waals surface area contributed by atoms with Gasteiger partial charge in [-0.15, -0.1) is 0 Å². The van der Waals surface area contributed by atoms with E-state index in [2.05, 4.69) is 5.32 Å². The van der Waals surface area contributed by atoms with Gasteiger partial charge in [0, 0.05) is 42.2 Å². The highest BCUT2D eigenvalue weighted by molar-refractivity contribution is 5.84. The number of carbonyl (C=O) groups excluding carboxylic acids is 3. The Bertz CT molecular complexity index is 1900. The largest absolute Gasteiger partial charge is 0.508 e. The lowest BCUT2D eigenvalue weighted by atomic mass is 9.67. The van der Waals surface area contributed by atoms with Crippen LogP contribution in [0, 0.1) is 11.8 Å². The van der Waals surface area contributed by atoms with Gasteiger partial charge < -0.3 is 48.8 Å². The molecule has 54 heavy (non-hydrogen) atoms. The molecule has 0 bridgehead atoms. The number of aromatic hydroxyl groups is 1. The minimum absolute atomic E-state index is 0.00312. The standard InChI is InChI=1S/C40H46N2O12/c1-39(2)17-26(18-40(3,4)42(39)47)53-38(46)41-28(11-21-7-9-25(43)10-8-21)36(44)54-35-31(48-5)14-23(15-32(35)49-6)33-27-16-30-29(51-20-52-30)13-22(27)12-24-19-50-37(45)34(24)33/h7-10,13-16,24,26,28,33-34,43,47H,11-12,17-20H2,1-6H3,(H,41,46)/t24-,28-,33+,34-/m0/s1. The molecule has 0 spiro atoms. The van der Waals surface area contributed by atoms with Crippen molar-refractivity contribution >= 4 is 18.0 Å². The zero-order valence-electron chi connectivity index (χ0n) is 31.2. The summed E-state index contributed by atoms with van der Waals surface area (Å²) in [5.74, 6) is -0.538. The number of methoxy groups -OCH3 is 2. The highest BCUT2D eigenvalue weighted by atomic mass is 16.7. The second-order valence-corrected chi connectivity index (χ2v) is 15.6. The number of hydroxylamine groups is 2. The van der Waals surface area contributed by atoms with Crippen LogP contribution in [0.4, 0.5) is 4.79 Å². The van der Waals surface area contributed by atoms with Crippen molar-refractivity contribution in [2.24, 2.45) is 11.8 Å². The van der Waals surface area contributed by atoms with Gasteiger partial charge in [-0.1, -0.05) is 12.1 Å². The van der Waals surface area contributed by atoms with Crippen molar-refractivity contribution in [3.63, 3.8) is 0 Å². The normalized spacial score (nSPS) is 23.0. The first-order valence-corrected chi connectivity index (χ1v) is 18.0. The van der Waals surface area contributed by atoms with Gasteiger partial charge in [-0.05, 0) is 92.8 Å². The number of hydrogen-bond acceptors (Lipinski definition) is 13. The summed E-state index contributed by atoms with van der Waals surface area (Å²) in [4.78, 5) is 40.7. The number of alkyl carbamates (subject to hydrolysis) is 1. The molecule has 3 N–H and O–H groups in total. The molecule has 0 radical (unpaired) electrons. The number of nitrogens with one attached hydrogen (secondary N) is 1.